The van der Waals surface area contributed by atoms with E-state index in [9.17, 15) is 13.2 Å². The second-order valence-electron chi connectivity index (χ2n) is 6.47. The van der Waals surface area contributed by atoms with Gasteiger partial charge in [0, 0.05) is 32.5 Å². The molecule has 2 nitrogen and oxygen atoms in total. The Kier molecular flexibility index (Phi) is 4.76. The van der Waals surface area contributed by atoms with Gasteiger partial charge in [0.05, 0.1) is 5.71 Å². The van der Waals surface area contributed by atoms with Crippen LogP contribution >= 0.6 is 35.8 Å². The predicted octanol–water partition coefficient (Wildman–Crippen LogP) is 7.02. The third-order valence-electron chi connectivity index (χ3n) is 4.73. The van der Waals surface area contributed by atoms with Crippen LogP contribution in [0.25, 0.3) is 10.8 Å². The molecule has 1 aliphatic rings. The number of thiol groups is 1. The van der Waals surface area contributed by atoms with Crippen LogP contribution < -0.4 is 0 Å². The summed E-state index contributed by atoms with van der Waals surface area (Å²) in [4.78, 5) is 5.80. The van der Waals surface area contributed by atoms with Crippen molar-refractivity contribution in [3.05, 3.63) is 75.8 Å². The van der Waals surface area contributed by atoms with Gasteiger partial charge in [-0.15, -0.1) is 12.6 Å². The lowest BCUT2D eigenvalue weighted by molar-refractivity contribution is -0.275. The van der Waals surface area contributed by atoms with E-state index in [0.717, 1.165) is 15.7 Å². The molecule has 8 heteroatoms. The van der Waals surface area contributed by atoms with Gasteiger partial charge in [0.1, 0.15) is 0 Å². The Balaban J connectivity index is 1.84. The highest BCUT2D eigenvalue weighted by Gasteiger charge is 2.62. The number of halogens is 5. The standard InChI is InChI=1S/C20H12Cl2F3NOS/c21-12-7-11(8-13(22)9-12)19(20(23,24)25)10-17(26-27-19)15-5-6-18(28)16-4-2-1-3-14(15)16/h1-9,28H,10H2. The summed E-state index contributed by atoms with van der Waals surface area (Å²) in [6, 6.07) is 14.5. The summed E-state index contributed by atoms with van der Waals surface area (Å²) in [6.45, 7) is 0. The van der Waals surface area contributed by atoms with Gasteiger partial charge >= 0.3 is 6.18 Å². The van der Waals surface area contributed by atoms with E-state index in [1.165, 1.54) is 18.2 Å². The van der Waals surface area contributed by atoms with E-state index < -0.39 is 18.2 Å². The van der Waals surface area contributed by atoms with Gasteiger partial charge in [-0.2, -0.15) is 13.2 Å². The Labute approximate surface area is 174 Å². The molecule has 0 bridgehead atoms. The van der Waals surface area contributed by atoms with Gasteiger partial charge < -0.3 is 4.84 Å². The van der Waals surface area contributed by atoms with E-state index >= 15 is 0 Å². The fourth-order valence-corrected chi connectivity index (χ4v) is 4.17. The number of rotatable bonds is 2. The molecule has 1 unspecified atom stereocenters. The number of fused-ring (bicyclic) bond motifs is 1. The van der Waals surface area contributed by atoms with Crippen molar-refractivity contribution in [2.24, 2.45) is 5.16 Å². The highest BCUT2D eigenvalue weighted by atomic mass is 35.5. The Bertz CT molecular complexity index is 1100. The second-order valence-corrected chi connectivity index (χ2v) is 7.82. The quantitative estimate of drug-likeness (QED) is 0.424. The maximum Gasteiger partial charge on any atom is 0.435 e. The summed E-state index contributed by atoms with van der Waals surface area (Å²) < 4.78 is 42.4. The molecular weight excluding hydrogens is 430 g/mol. The first kappa shape index (κ1) is 19.4. The molecule has 4 rings (SSSR count). The predicted molar refractivity (Wildman–Crippen MR) is 108 cm³/mol. The molecule has 3 aromatic rings. The lowest BCUT2D eigenvalue weighted by Gasteiger charge is -2.29. The summed E-state index contributed by atoms with van der Waals surface area (Å²) in [5.41, 5.74) is -2.09. The molecular formula is C20H12Cl2F3NOS. The van der Waals surface area contributed by atoms with Crippen molar-refractivity contribution in [1.82, 2.24) is 0 Å². The molecule has 28 heavy (non-hydrogen) atoms. The minimum Gasteiger partial charge on any atom is -0.374 e. The lowest BCUT2D eigenvalue weighted by atomic mass is 9.85. The van der Waals surface area contributed by atoms with Gasteiger partial charge in [0.15, 0.2) is 0 Å². The van der Waals surface area contributed by atoms with Crippen LogP contribution in [-0.4, -0.2) is 11.9 Å². The van der Waals surface area contributed by atoms with Crippen LogP contribution in [0.4, 0.5) is 13.2 Å². The molecule has 0 amide bonds. The average molecular weight is 442 g/mol. The van der Waals surface area contributed by atoms with Crippen molar-refractivity contribution in [3.8, 4) is 0 Å². The van der Waals surface area contributed by atoms with Crippen molar-refractivity contribution in [2.75, 3.05) is 0 Å². The summed E-state index contributed by atoms with van der Waals surface area (Å²) >= 11 is 16.3. The number of oxime groups is 1. The SMILES string of the molecule is FC(F)(F)C1(c2cc(Cl)cc(Cl)c2)CC(c2ccc(S)c3ccccc23)=NO1. The summed E-state index contributed by atoms with van der Waals surface area (Å²) in [6.07, 6.45) is -5.23. The first-order chi connectivity index (χ1) is 13.2. The monoisotopic (exact) mass is 441 g/mol. The molecule has 1 atom stereocenters. The van der Waals surface area contributed by atoms with Crippen LogP contribution in [0.5, 0.6) is 0 Å². The highest BCUT2D eigenvalue weighted by molar-refractivity contribution is 7.80. The topological polar surface area (TPSA) is 21.6 Å². The molecule has 0 N–H and O–H groups in total. The van der Waals surface area contributed by atoms with Crippen LogP contribution in [0.2, 0.25) is 10.0 Å². The Hall–Kier alpha value is -1.89. The minimum atomic E-state index is -4.73. The fraction of sp³-hybridized carbons (Fsp3) is 0.150. The number of alkyl halides is 3. The molecule has 0 spiro atoms. The molecule has 3 aromatic carbocycles. The fourth-order valence-electron chi connectivity index (χ4n) is 3.37. The molecule has 1 heterocycles. The molecule has 0 radical (unpaired) electrons. The summed E-state index contributed by atoms with van der Waals surface area (Å²) in [7, 11) is 0. The minimum absolute atomic E-state index is 0.0908. The molecule has 0 saturated carbocycles. The molecule has 0 fully saturated rings. The maximum absolute atomic E-state index is 14.1. The van der Waals surface area contributed by atoms with Crippen molar-refractivity contribution in [2.45, 2.75) is 23.1 Å². The molecule has 1 aliphatic heterocycles. The molecule has 0 saturated heterocycles. The Morgan fingerprint density at radius 1 is 0.964 bits per heavy atom. The summed E-state index contributed by atoms with van der Waals surface area (Å²) in [5.74, 6) is 0. The van der Waals surface area contributed by atoms with Gasteiger partial charge in [-0.25, -0.2) is 0 Å². The van der Waals surface area contributed by atoms with Crippen molar-refractivity contribution in [3.63, 3.8) is 0 Å². The molecule has 0 aliphatic carbocycles. The number of hydrogen-bond acceptors (Lipinski definition) is 3. The van der Waals surface area contributed by atoms with Gasteiger partial charge in [-0.1, -0.05) is 58.7 Å². The molecule has 0 aromatic heterocycles. The van der Waals surface area contributed by atoms with E-state index in [0.29, 0.717) is 5.56 Å². The number of hydrogen-bond donors (Lipinski definition) is 1. The average Bonchev–Trinajstić information content (AvgIpc) is 3.08. The van der Waals surface area contributed by atoms with Crippen LogP contribution in [0, 0.1) is 0 Å². The van der Waals surface area contributed by atoms with E-state index in [1.54, 1.807) is 12.1 Å². The van der Waals surface area contributed by atoms with E-state index in [4.69, 9.17) is 28.0 Å². The van der Waals surface area contributed by atoms with Crippen molar-refractivity contribution in [1.29, 1.82) is 0 Å². The Morgan fingerprint density at radius 2 is 1.61 bits per heavy atom. The summed E-state index contributed by atoms with van der Waals surface area (Å²) in [5, 5.41) is 5.58. The van der Waals surface area contributed by atoms with Crippen LogP contribution in [0.1, 0.15) is 17.5 Å². The lowest BCUT2D eigenvalue weighted by Crippen LogP contribution is -2.42. The van der Waals surface area contributed by atoms with Crippen molar-refractivity contribution >= 4 is 52.3 Å². The largest absolute Gasteiger partial charge is 0.435 e. The van der Waals surface area contributed by atoms with Crippen LogP contribution in [-0.2, 0) is 10.4 Å². The van der Waals surface area contributed by atoms with E-state index in [1.807, 2.05) is 24.3 Å². The van der Waals surface area contributed by atoms with E-state index in [2.05, 4.69) is 17.8 Å². The zero-order valence-corrected chi connectivity index (χ0v) is 16.5. The zero-order valence-electron chi connectivity index (χ0n) is 14.1. The number of benzene rings is 3. The highest BCUT2D eigenvalue weighted by Crippen LogP contribution is 2.50. The Morgan fingerprint density at radius 3 is 2.25 bits per heavy atom. The molecule has 144 valence electrons. The third kappa shape index (κ3) is 3.13. The zero-order chi connectivity index (χ0) is 20.1. The second kappa shape index (κ2) is 6.87. The first-order valence-electron chi connectivity index (χ1n) is 8.21. The van der Waals surface area contributed by atoms with Crippen LogP contribution in [0.15, 0.2) is 64.6 Å². The maximum atomic E-state index is 14.1. The van der Waals surface area contributed by atoms with Crippen LogP contribution in [0.3, 0.4) is 0 Å². The normalized spacial score (nSPS) is 19.6. The first-order valence-corrected chi connectivity index (χ1v) is 9.41. The smallest absolute Gasteiger partial charge is 0.374 e. The number of nitrogens with zero attached hydrogens (tertiary/aromatic N) is 1. The van der Waals surface area contributed by atoms with Gasteiger partial charge in [-0.05, 0) is 35.0 Å². The van der Waals surface area contributed by atoms with Gasteiger partial charge in [0.25, 0.3) is 5.60 Å². The van der Waals surface area contributed by atoms with Gasteiger partial charge in [-0.3, -0.25) is 0 Å². The van der Waals surface area contributed by atoms with Gasteiger partial charge in [0.2, 0.25) is 0 Å². The third-order valence-corrected chi connectivity index (χ3v) is 5.55. The van der Waals surface area contributed by atoms with E-state index in [-0.39, 0.29) is 21.3 Å². The van der Waals surface area contributed by atoms with Crippen molar-refractivity contribution < 1.29 is 18.0 Å².